The van der Waals surface area contributed by atoms with Gasteiger partial charge in [-0.3, -0.25) is 9.36 Å². The normalized spacial score (nSPS) is 16.4. The van der Waals surface area contributed by atoms with Crippen LogP contribution in [0.3, 0.4) is 0 Å². The number of anilines is 1. The summed E-state index contributed by atoms with van der Waals surface area (Å²) in [5, 5.41) is 2.71. The number of carbonyl (C=O) groups is 1. The van der Waals surface area contributed by atoms with Crippen molar-refractivity contribution in [3.63, 3.8) is 0 Å². The first kappa shape index (κ1) is 15.4. The first-order valence-electron chi connectivity index (χ1n) is 7.61. The minimum absolute atomic E-state index is 0.0339. The highest BCUT2D eigenvalue weighted by molar-refractivity contribution is 5.94. The molecule has 0 radical (unpaired) electrons. The van der Waals surface area contributed by atoms with Gasteiger partial charge in [0.1, 0.15) is 18.0 Å². The quantitative estimate of drug-likeness (QED) is 0.770. The second-order valence-electron chi connectivity index (χ2n) is 5.77. The van der Waals surface area contributed by atoms with Crippen molar-refractivity contribution in [2.24, 2.45) is 0 Å². The molecule has 0 saturated heterocycles. The Kier molecular flexibility index (Phi) is 3.56. The summed E-state index contributed by atoms with van der Waals surface area (Å²) >= 11 is 0. The zero-order chi connectivity index (χ0) is 17.6. The third-order valence-corrected chi connectivity index (χ3v) is 4.23. The zero-order valence-electron chi connectivity index (χ0n) is 12.8. The van der Waals surface area contributed by atoms with Gasteiger partial charge in [-0.15, -0.1) is 0 Å². The van der Waals surface area contributed by atoms with Gasteiger partial charge < -0.3 is 5.32 Å². The molecule has 4 rings (SSSR count). The van der Waals surface area contributed by atoms with E-state index in [9.17, 15) is 18.0 Å². The molecule has 2 heterocycles. The Morgan fingerprint density at radius 3 is 2.60 bits per heavy atom. The zero-order valence-corrected chi connectivity index (χ0v) is 12.8. The second kappa shape index (κ2) is 5.77. The summed E-state index contributed by atoms with van der Waals surface area (Å²) in [4.78, 5) is 16.4. The fourth-order valence-corrected chi connectivity index (χ4v) is 3.05. The van der Waals surface area contributed by atoms with E-state index in [0.29, 0.717) is 17.2 Å². The summed E-state index contributed by atoms with van der Waals surface area (Å²) in [6.07, 6.45) is 1.43. The lowest BCUT2D eigenvalue weighted by Gasteiger charge is -2.23. The molecule has 0 fully saturated rings. The summed E-state index contributed by atoms with van der Waals surface area (Å²) in [7, 11) is 0. The number of nitrogens with one attached hydrogen (secondary N) is 1. The van der Waals surface area contributed by atoms with Gasteiger partial charge in [-0.05, 0) is 30.3 Å². The van der Waals surface area contributed by atoms with Crippen LogP contribution in [-0.4, -0.2) is 15.5 Å². The fraction of sp³-hybridized carbons (Fsp3) is 0.111. The predicted molar refractivity (Wildman–Crippen MR) is 85.0 cm³/mol. The maximum Gasteiger partial charge on any atom is 0.226 e. The first-order valence-corrected chi connectivity index (χ1v) is 7.61. The molecule has 126 valence electrons. The van der Waals surface area contributed by atoms with Crippen molar-refractivity contribution in [1.82, 2.24) is 9.55 Å². The summed E-state index contributed by atoms with van der Waals surface area (Å²) in [6, 6.07) is 9.52. The van der Waals surface area contributed by atoms with Crippen LogP contribution in [0, 0.1) is 17.5 Å². The van der Waals surface area contributed by atoms with Crippen molar-refractivity contribution >= 4 is 11.7 Å². The van der Waals surface area contributed by atoms with Crippen LogP contribution in [0.1, 0.15) is 23.6 Å². The van der Waals surface area contributed by atoms with Gasteiger partial charge in [0.2, 0.25) is 5.91 Å². The SMILES string of the molecule is O=C1C[C@H](c2cccc(F)c2F)c2ncn(-c3ccc(F)cc3)c2N1. The molecule has 0 unspecified atom stereocenters. The van der Waals surface area contributed by atoms with E-state index in [4.69, 9.17) is 0 Å². The van der Waals surface area contributed by atoms with E-state index in [1.54, 1.807) is 4.57 Å². The predicted octanol–water partition coefficient (Wildman–Crippen LogP) is 3.76. The molecule has 0 saturated carbocycles. The van der Waals surface area contributed by atoms with Crippen LogP contribution in [0.15, 0.2) is 48.8 Å². The van der Waals surface area contributed by atoms with Crippen LogP contribution in [0.5, 0.6) is 0 Å². The monoisotopic (exact) mass is 343 g/mol. The Morgan fingerprint density at radius 2 is 1.84 bits per heavy atom. The number of amides is 1. The molecule has 1 amide bonds. The van der Waals surface area contributed by atoms with Gasteiger partial charge in [0, 0.05) is 23.6 Å². The standard InChI is InChI=1S/C18H12F3N3O/c19-10-4-6-11(7-5-10)24-9-22-17-13(8-15(25)23-18(17)24)12-2-1-3-14(20)16(12)21/h1-7,9,13H,8H2,(H,23,25)/t13-/m1/s1. The number of nitrogens with zero attached hydrogens (tertiary/aromatic N) is 2. The molecular formula is C18H12F3N3O. The van der Waals surface area contributed by atoms with Crippen molar-refractivity contribution in [2.75, 3.05) is 5.32 Å². The number of carbonyl (C=O) groups excluding carboxylic acids is 1. The van der Waals surface area contributed by atoms with Crippen LogP contribution in [0.2, 0.25) is 0 Å². The van der Waals surface area contributed by atoms with Gasteiger partial charge in [0.25, 0.3) is 0 Å². The third-order valence-electron chi connectivity index (χ3n) is 4.23. The molecule has 1 aliphatic heterocycles. The van der Waals surface area contributed by atoms with E-state index in [1.165, 1.54) is 42.7 Å². The number of rotatable bonds is 2. The molecule has 2 aromatic carbocycles. The number of fused-ring (bicyclic) bond motifs is 1. The van der Waals surface area contributed by atoms with Gasteiger partial charge in [-0.1, -0.05) is 12.1 Å². The highest BCUT2D eigenvalue weighted by Crippen LogP contribution is 2.38. The third kappa shape index (κ3) is 2.57. The minimum Gasteiger partial charge on any atom is -0.310 e. The van der Waals surface area contributed by atoms with Crippen LogP contribution < -0.4 is 5.32 Å². The highest BCUT2D eigenvalue weighted by atomic mass is 19.2. The van der Waals surface area contributed by atoms with Crippen molar-refractivity contribution in [2.45, 2.75) is 12.3 Å². The minimum atomic E-state index is -0.982. The van der Waals surface area contributed by atoms with E-state index in [0.717, 1.165) is 6.07 Å². The molecule has 1 atom stereocenters. The van der Waals surface area contributed by atoms with Gasteiger partial charge in [0.05, 0.1) is 5.69 Å². The largest absolute Gasteiger partial charge is 0.310 e. The Hall–Kier alpha value is -3.09. The number of imidazole rings is 1. The van der Waals surface area contributed by atoms with Gasteiger partial charge in [-0.25, -0.2) is 18.2 Å². The average molecular weight is 343 g/mol. The lowest BCUT2D eigenvalue weighted by molar-refractivity contribution is -0.116. The molecule has 25 heavy (non-hydrogen) atoms. The van der Waals surface area contributed by atoms with Crippen molar-refractivity contribution in [3.8, 4) is 5.69 Å². The number of aromatic nitrogens is 2. The maximum absolute atomic E-state index is 14.2. The van der Waals surface area contributed by atoms with Crippen LogP contribution in [0.4, 0.5) is 19.0 Å². The molecule has 0 aliphatic carbocycles. The lowest BCUT2D eigenvalue weighted by atomic mass is 9.89. The molecule has 7 heteroatoms. The molecule has 1 aliphatic rings. The molecule has 0 bridgehead atoms. The first-order chi connectivity index (χ1) is 12.0. The van der Waals surface area contributed by atoms with Crippen LogP contribution >= 0.6 is 0 Å². The smallest absolute Gasteiger partial charge is 0.226 e. The van der Waals surface area contributed by atoms with Crippen molar-refractivity contribution < 1.29 is 18.0 Å². The maximum atomic E-state index is 14.2. The molecule has 1 aromatic heterocycles. The summed E-state index contributed by atoms with van der Waals surface area (Å²) < 4.78 is 42.5. The van der Waals surface area contributed by atoms with Gasteiger partial charge in [-0.2, -0.15) is 0 Å². The summed E-state index contributed by atoms with van der Waals surface area (Å²) in [5.41, 5.74) is 1.12. The average Bonchev–Trinajstić information content (AvgIpc) is 3.01. The Balaban J connectivity index is 1.84. The Bertz CT molecular complexity index is 966. The molecule has 4 nitrogen and oxygen atoms in total. The number of benzene rings is 2. The highest BCUT2D eigenvalue weighted by Gasteiger charge is 2.33. The van der Waals surface area contributed by atoms with Gasteiger partial charge >= 0.3 is 0 Å². The lowest BCUT2D eigenvalue weighted by Crippen LogP contribution is -2.25. The molecule has 0 spiro atoms. The topological polar surface area (TPSA) is 46.9 Å². The Labute approximate surface area is 140 Å². The van der Waals surface area contributed by atoms with Crippen molar-refractivity contribution in [1.29, 1.82) is 0 Å². The number of halogens is 3. The molecule has 1 N–H and O–H groups in total. The molecule has 3 aromatic rings. The Morgan fingerprint density at radius 1 is 1.08 bits per heavy atom. The molecular weight excluding hydrogens is 331 g/mol. The van der Waals surface area contributed by atoms with E-state index >= 15 is 0 Å². The van der Waals surface area contributed by atoms with E-state index < -0.39 is 17.6 Å². The van der Waals surface area contributed by atoms with Crippen LogP contribution in [-0.2, 0) is 4.79 Å². The van der Waals surface area contributed by atoms with E-state index in [-0.39, 0.29) is 23.7 Å². The number of hydrogen-bond donors (Lipinski definition) is 1. The summed E-state index contributed by atoms with van der Waals surface area (Å²) in [5.74, 6) is -2.99. The number of hydrogen-bond acceptors (Lipinski definition) is 2. The van der Waals surface area contributed by atoms with Gasteiger partial charge in [0.15, 0.2) is 11.6 Å². The van der Waals surface area contributed by atoms with E-state index in [1.807, 2.05) is 0 Å². The van der Waals surface area contributed by atoms with Crippen LogP contribution in [0.25, 0.3) is 5.69 Å². The van der Waals surface area contributed by atoms with Crippen molar-refractivity contribution in [3.05, 3.63) is 77.5 Å². The second-order valence-corrected chi connectivity index (χ2v) is 5.77. The fourth-order valence-electron chi connectivity index (χ4n) is 3.05. The van der Waals surface area contributed by atoms with E-state index in [2.05, 4.69) is 10.3 Å². The summed E-state index contributed by atoms with van der Waals surface area (Å²) in [6.45, 7) is 0.